The fraction of sp³-hybridized carbons (Fsp3) is 0.250. The van der Waals surface area contributed by atoms with E-state index in [9.17, 15) is 22.4 Å². The number of benzene rings is 1. The van der Waals surface area contributed by atoms with Crippen LogP contribution in [0.1, 0.15) is 18.3 Å². The van der Waals surface area contributed by atoms with Gasteiger partial charge in [0.25, 0.3) is 5.92 Å². The standard InChI is InChI=1S/C20H14F4N4O2/c1-9-7-27-14(20(9,23)24)8-28(19(27)29)18-16-13(30-26-18)6-10(2)25-17(16)15-11(21)4-3-5-12(15)22/h3-6,8-9H,7H2,1-2H3/t9-/m1/s1. The van der Waals surface area contributed by atoms with Gasteiger partial charge in [-0.25, -0.2) is 18.1 Å². The lowest BCUT2D eigenvalue weighted by molar-refractivity contribution is -0.0454. The molecule has 0 unspecified atom stereocenters. The predicted octanol–water partition coefficient (Wildman–Crippen LogP) is 4.17. The second-order valence-corrected chi connectivity index (χ2v) is 7.39. The minimum atomic E-state index is -3.20. The molecular weight excluding hydrogens is 404 g/mol. The van der Waals surface area contributed by atoms with Crippen molar-refractivity contribution in [3.63, 3.8) is 0 Å². The molecule has 0 radical (unpaired) electrons. The van der Waals surface area contributed by atoms with Crippen molar-refractivity contribution in [1.82, 2.24) is 19.3 Å². The Labute approximate surface area is 166 Å². The molecule has 0 amide bonds. The van der Waals surface area contributed by atoms with E-state index < -0.39 is 40.4 Å². The molecule has 0 spiro atoms. The molecule has 0 saturated carbocycles. The molecule has 0 bridgehead atoms. The zero-order valence-corrected chi connectivity index (χ0v) is 15.8. The molecule has 10 heteroatoms. The van der Waals surface area contributed by atoms with E-state index in [-0.39, 0.29) is 29.0 Å². The van der Waals surface area contributed by atoms with Crippen molar-refractivity contribution < 1.29 is 22.1 Å². The van der Waals surface area contributed by atoms with Gasteiger partial charge in [-0.3, -0.25) is 9.55 Å². The maximum absolute atomic E-state index is 14.5. The van der Waals surface area contributed by atoms with Crippen molar-refractivity contribution in [2.75, 3.05) is 0 Å². The smallest absolute Gasteiger partial charge is 0.334 e. The SMILES string of the molecule is Cc1cc2onc(-n3cc4n(c3=O)C[C@@H](C)C4(F)F)c2c(-c2c(F)cccc2F)n1. The molecule has 5 rings (SSSR count). The maximum atomic E-state index is 14.5. The van der Waals surface area contributed by atoms with Gasteiger partial charge >= 0.3 is 5.69 Å². The highest BCUT2D eigenvalue weighted by molar-refractivity contribution is 5.97. The first kappa shape index (κ1) is 18.6. The fourth-order valence-corrected chi connectivity index (χ4v) is 3.85. The van der Waals surface area contributed by atoms with E-state index in [2.05, 4.69) is 10.1 Å². The second-order valence-electron chi connectivity index (χ2n) is 7.39. The van der Waals surface area contributed by atoms with Gasteiger partial charge in [-0.1, -0.05) is 18.1 Å². The van der Waals surface area contributed by atoms with E-state index in [4.69, 9.17) is 4.52 Å². The summed E-state index contributed by atoms with van der Waals surface area (Å²) in [5, 5.41) is 3.89. The van der Waals surface area contributed by atoms with Crippen LogP contribution < -0.4 is 5.69 Å². The van der Waals surface area contributed by atoms with Crippen LogP contribution in [0.15, 0.2) is 39.8 Å². The lowest BCUT2D eigenvalue weighted by atomic mass is 10.1. The number of alkyl halides is 2. The maximum Gasteiger partial charge on any atom is 0.334 e. The van der Waals surface area contributed by atoms with Crippen LogP contribution in [0.25, 0.3) is 28.0 Å². The number of imidazole rings is 1. The first-order valence-electron chi connectivity index (χ1n) is 9.12. The molecule has 0 N–H and O–H groups in total. The van der Waals surface area contributed by atoms with Crippen LogP contribution >= 0.6 is 0 Å². The van der Waals surface area contributed by atoms with Gasteiger partial charge in [-0.2, -0.15) is 8.78 Å². The molecule has 0 fully saturated rings. The quantitative estimate of drug-likeness (QED) is 0.459. The Morgan fingerprint density at radius 1 is 1.23 bits per heavy atom. The highest BCUT2D eigenvalue weighted by Gasteiger charge is 2.48. The molecule has 4 aromatic rings. The number of aromatic nitrogens is 4. The van der Waals surface area contributed by atoms with Crippen molar-refractivity contribution in [2.24, 2.45) is 5.92 Å². The van der Waals surface area contributed by atoms with Crippen LogP contribution in [0.4, 0.5) is 17.6 Å². The van der Waals surface area contributed by atoms with E-state index in [1.54, 1.807) is 6.92 Å². The van der Waals surface area contributed by atoms with E-state index in [0.29, 0.717) is 5.69 Å². The number of halogens is 4. The fourth-order valence-electron chi connectivity index (χ4n) is 3.85. The Morgan fingerprint density at radius 3 is 2.60 bits per heavy atom. The minimum Gasteiger partial charge on any atom is -0.354 e. The molecule has 0 aliphatic carbocycles. The highest BCUT2D eigenvalue weighted by Crippen LogP contribution is 2.42. The number of rotatable bonds is 2. The Kier molecular flexibility index (Phi) is 3.74. The van der Waals surface area contributed by atoms with Crippen molar-refractivity contribution >= 4 is 11.0 Å². The molecule has 4 heterocycles. The number of nitrogens with zero attached hydrogens (tertiary/aromatic N) is 4. The molecule has 0 saturated heterocycles. The minimum absolute atomic E-state index is 0.0485. The topological polar surface area (TPSA) is 65.8 Å². The average molecular weight is 418 g/mol. The Morgan fingerprint density at radius 2 is 1.93 bits per heavy atom. The van der Waals surface area contributed by atoms with Gasteiger partial charge in [0.1, 0.15) is 17.3 Å². The number of pyridine rings is 1. The lowest BCUT2D eigenvalue weighted by Crippen LogP contribution is -2.24. The van der Waals surface area contributed by atoms with Gasteiger partial charge in [0.05, 0.1) is 16.6 Å². The normalized spacial score (nSPS) is 17.6. The van der Waals surface area contributed by atoms with E-state index in [1.165, 1.54) is 19.1 Å². The summed E-state index contributed by atoms with van der Waals surface area (Å²) in [6, 6.07) is 4.84. The average Bonchev–Trinajstić information content (AvgIpc) is 3.29. The lowest BCUT2D eigenvalue weighted by Gasteiger charge is -2.13. The van der Waals surface area contributed by atoms with Gasteiger partial charge in [0.2, 0.25) is 0 Å². The van der Waals surface area contributed by atoms with Crippen LogP contribution in [0.2, 0.25) is 0 Å². The third-order valence-corrected chi connectivity index (χ3v) is 5.39. The summed E-state index contributed by atoms with van der Waals surface area (Å²) >= 11 is 0. The van der Waals surface area contributed by atoms with Crippen LogP contribution in [-0.2, 0) is 12.5 Å². The summed E-state index contributed by atoms with van der Waals surface area (Å²) in [5.41, 5.74) is -1.23. The van der Waals surface area contributed by atoms with Gasteiger partial charge < -0.3 is 4.52 Å². The van der Waals surface area contributed by atoms with Crippen molar-refractivity contribution in [3.8, 4) is 17.1 Å². The highest BCUT2D eigenvalue weighted by atomic mass is 19.3. The summed E-state index contributed by atoms with van der Waals surface area (Å²) in [5.74, 6) is -6.12. The number of hydrogen-bond acceptors (Lipinski definition) is 4. The predicted molar refractivity (Wildman–Crippen MR) is 98.5 cm³/mol. The molecule has 1 aliphatic heterocycles. The molecular formula is C20H14F4N4O2. The van der Waals surface area contributed by atoms with E-state index in [1.807, 2.05) is 0 Å². The molecule has 6 nitrogen and oxygen atoms in total. The van der Waals surface area contributed by atoms with Crippen LogP contribution in [0.5, 0.6) is 0 Å². The summed E-state index contributed by atoms with van der Waals surface area (Å²) in [6.07, 6.45) is 0.991. The van der Waals surface area contributed by atoms with Crippen molar-refractivity contribution in [3.05, 3.63) is 64.0 Å². The molecule has 1 atom stereocenters. The second kappa shape index (κ2) is 6.04. The molecule has 1 aromatic carbocycles. The van der Waals surface area contributed by atoms with Crippen LogP contribution in [0, 0.1) is 24.5 Å². The van der Waals surface area contributed by atoms with Crippen molar-refractivity contribution in [1.29, 1.82) is 0 Å². The number of fused-ring (bicyclic) bond motifs is 2. The Bertz CT molecular complexity index is 1370. The summed E-state index contributed by atoms with van der Waals surface area (Å²) in [4.78, 5) is 17.1. The van der Waals surface area contributed by atoms with Crippen molar-refractivity contribution in [2.45, 2.75) is 26.3 Å². The van der Waals surface area contributed by atoms with Gasteiger partial charge in [0.15, 0.2) is 11.4 Å². The first-order valence-corrected chi connectivity index (χ1v) is 9.12. The monoisotopic (exact) mass is 418 g/mol. The summed E-state index contributed by atoms with van der Waals surface area (Å²) in [6.45, 7) is 2.80. The first-order chi connectivity index (χ1) is 14.2. The Balaban J connectivity index is 1.83. The third-order valence-electron chi connectivity index (χ3n) is 5.39. The van der Waals surface area contributed by atoms with Gasteiger partial charge in [-0.15, -0.1) is 0 Å². The zero-order valence-electron chi connectivity index (χ0n) is 15.8. The number of aryl methyl sites for hydroxylation is 1. The molecule has 30 heavy (non-hydrogen) atoms. The summed E-state index contributed by atoms with van der Waals surface area (Å²) in [7, 11) is 0. The Hall–Kier alpha value is -3.43. The van der Waals surface area contributed by atoms with Crippen LogP contribution in [0.3, 0.4) is 0 Å². The van der Waals surface area contributed by atoms with Crippen LogP contribution in [-0.4, -0.2) is 19.3 Å². The summed E-state index contributed by atoms with van der Waals surface area (Å²) < 4.78 is 65.0. The van der Waals surface area contributed by atoms with E-state index in [0.717, 1.165) is 27.5 Å². The molecule has 154 valence electrons. The largest absolute Gasteiger partial charge is 0.354 e. The van der Waals surface area contributed by atoms with Gasteiger partial charge in [-0.05, 0) is 19.1 Å². The third kappa shape index (κ3) is 2.39. The molecule has 3 aromatic heterocycles. The molecule has 1 aliphatic rings. The van der Waals surface area contributed by atoms with Gasteiger partial charge in [0, 0.05) is 30.4 Å². The van der Waals surface area contributed by atoms with E-state index >= 15 is 0 Å². The number of hydrogen-bond donors (Lipinski definition) is 0. The zero-order chi connectivity index (χ0) is 21.4.